The van der Waals surface area contributed by atoms with Crippen molar-refractivity contribution in [1.29, 1.82) is 0 Å². The highest BCUT2D eigenvalue weighted by molar-refractivity contribution is 6.30. The van der Waals surface area contributed by atoms with E-state index in [1.165, 1.54) is 0 Å². The molecule has 124 valence electrons. The lowest BCUT2D eigenvalue weighted by atomic mass is 10.3. The van der Waals surface area contributed by atoms with Crippen molar-refractivity contribution in [2.75, 3.05) is 6.54 Å². The number of halogens is 1. The summed E-state index contributed by atoms with van der Waals surface area (Å²) >= 11 is 5.91. The third-order valence-electron chi connectivity index (χ3n) is 2.98. The average Bonchev–Trinajstić information content (AvgIpc) is 2.86. The molecule has 0 saturated heterocycles. The van der Waals surface area contributed by atoms with E-state index < -0.39 is 0 Å². The Morgan fingerprint density at radius 3 is 2.78 bits per heavy atom. The van der Waals surface area contributed by atoms with Crippen LogP contribution in [0.15, 0.2) is 24.5 Å². The Hall–Kier alpha value is -2.28. The summed E-state index contributed by atoms with van der Waals surface area (Å²) in [6.45, 7) is 4.36. The van der Waals surface area contributed by atoms with Crippen molar-refractivity contribution in [3.8, 4) is 0 Å². The third kappa shape index (κ3) is 5.45. The monoisotopic (exact) mass is 337 g/mol. The highest BCUT2D eigenvalue weighted by Crippen LogP contribution is 2.11. The number of hydrogen-bond acceptors (Lipinski definition) is 3. The molecule has 0 spiro atoms. The fourth-order valence-electron chi connectivity index (χ4n) is 2.02. The van der Waals surface area contributed by atoms with Crippen LogP contribution in [0.4, 0.5) is 4.79 Å². The van der Waals surface area contributed by atoms with E-state index in [-0.39, 0.29) is 30.9 Å². The Bertz CT molecular complexity index is 698. The van der Waals surface area contributed by atoms with E-state index >= 15 is 0 Å². The highest BCUT2D eigenvalue weighted by atomic mass is 35.5. The first kappa shape index (κ1) is 17.1. The first-order valence-corrected chi connectivity index (χ1v) is 7.76. The van der Waals surface area contributed by atoms with E-state index in [0.717, 1.165) is 11.3 Å². The molecule has 0 atom stereocenters. The summed E-state index contributed by atoms with van der Waals surface area (Å²) in [5.74, 6) is -0.0856. The molecule has 0 bridgehead atoms. The molecule has 3 N–H and O–H groups in total. The minimum Gasteiger partial charge on any atom is -0.354 e. The van der Waals surface area contributed by atoms with Gasteiger partial charge < -0.3 is 20.4 Å². The lowest BCUT2D eigenvalue weighted by molar-refractivity contribution is -0.121. The van der Waals surface area contributed by atoms with Gasteiger partial charge in [0.05, 0.1) is 17.3 Å². The number of urea groups is 1. The molecule has 0 aliphatic carbocycles. The Labute approximate surface area is 139 Å². The van der Waals surface area contributed by atoms with Crippen LogP contribution in [0.5, 0.6) is 0 Å². The summed E-state index contributed by atoms with van der Waals surface area (Å²) in [5.41, 5.74) is 1.48. The van der Waals surface area contributed by atoms with Crippen LogP contribution < -0.4 is 16.0 Å². The summed E-state index contributed by atoms with van der Waals surface area (Å²) in [6, 6.07) is 3.33. The summed E-state index contributed by atoms with van der Waals surface area (Å²) in [6.07, 6.45) is 3.80. The zero-order valence-corrected chi connectivity index (χ0v) is 13.9. The predicted molar refractivity (Wildman–Crippen MR) is 88.3 cm³/mol. The number of rotatable bonds is 6. The fraction of sp³-hybridized carbons (Fsp3) is 0.400. The molecular weight excluding hydrogens is 318 g/mol. The second kappa shape index (κ2) is 7.82. The molecule has 0 aliphatic rings. The molecule has 7 nitrogen and oxygen atoms in total. The second-order valence-electron chi connectivity index (χ2n) is 5.43. The van der Waals surface area contributed by atoms with Gasteiger partial charge in [-0.3, -0.25) is 4.79 Å². The van der Waals surface area contributed by atoms with Gasteiger partial charge in [0.2, 0.25) is 5.91 Å². The largest absolute Gasteiger partial charge is 0.354 e. The molecular formula is C15H20ClN5O2. The lowest BCUT2D eigenvalue weighted by Crippen LogP contribution is -2.38. The second-order valence-corrected chi connectivity index (χ2v) is 5.86. The predicted octanol–water partition coefficient (Wildman–Crippen LogP) is 1.70. The maximum absolute atomic E-state index is 11.7. The molecule has 2 heterocycles. The molecule has 3 amide bonds. The molecule has 0 radical (unpaired) electrons. The van der Waals surface area contributed by atoms with Gasteiger partial charge in [0.25, 0.3) is 0 Å². The van der Waals surface area contributed by atoms with Crippen LogP contribution in [0.1, 0.15) is 26.0 Å². The standard InChI is InChI=1S/C15H20ClN5O2/c1-10(2)19-14(22)5-6-17-15(23)18-7-12-9-21-8-11(16)3-4-13(21)20-12/h3-4,8-10H,5-7H2,1-2H3,(H,19,22)(H2,17,18,23). The molecule has 2 aromatic heterocycles. The Morgan fingerprint density at radius 1 is 1.26 bits per heavy atom. The number of aromatic nitrogens is 2. The van der Waals surface area contributed by atoms with Gasteiger partial charge in [-0.25, -0.2) is 9.78 Å². The number of hydrogen-bond donors (Lipinski definition) is 3. The minimum atomic E-state index is -0.336. The van der Waals surface area contributed by atoms with Crippen molar-refractivity contribution in [2.45, 2.75) is 32.9 Å². The van der Waals surface area contributed by atoms with Crippen molar-refractivity contribution < 1.29 is 9.59 Å². The van der Waals surface area contributed by atoms with Gasteiger partial charge in [-0.05, 0) is 26.0 Å². The van der Waals surface area contributed by atoms with Crippen LogP contribution in [0.2, 0.25) is 5.02 Å². The fourth-order valence-corrected chi connectivity index (χ4v) is 2.19. The number of imidazole rings is 1. The van der Waals surface area contributed by atoms with Crippen LogP contribution in [-0.2, 0) is 11.3 Å². The number of fused-ring (bicyclic) bond motifs is 1. The van der Waals surface area contributed by atoms with Crippen molar-refractivity contribution in [3.05, 3.63) is 35.2 Å². The summed E-state index contributed by atoms with van der Waals surface area (Å²) in [4.78, 5) is 27.5. The number of carbonyl (C=O) groups excluding carboxylic acids is 2. The van der Waals surface area contributed by atoms with Gasteiger partial charge in [-0.2, -0.15) is 0 Å². The number of pyridine rings is 1. The third-order valence-corrected chi connectivity index (χ3v) is 3.21. The van der Waals surface area contributed by atoms with Crippen molar-refractivity contribution in [3.63, 3.8) is 0 Å². The smallest absolute Gasteiger partial charge is 0.315 e. The van der Waals surface area contributed by atoms with Gasteiger partial charge in [-0.15, -0.1) is 0 Å². The Balaban J connectivity index is 1.74. The van der Waals surface area contributed by atoms with Gasteiger partial charge in [-0.1, -0.05) is 11.6 Å². The molecule has 0 aromatic carbocycles. The molecule has 0 unspecified atom stereocenters. The normalized spacial score (nSPS) is 10.8. The highest BCUT2D eigenvalue weighted by Gasteiger charge is 2.06. The quantitative estimate of drug-likeness (QED) is 0.749. The van der Waals surface area contributed by atoms with Gasteiger partial charge >= 0.3 is 6.03 Å². The first-order chi connectivity index (χ1) is 10.9. The summed E-state index contributed by atoms with van der Waals surface area (Å²) in [7, 11) is 0. The SMILES string of the molecule is CC(C)NC(=O)CCNC(=O)NCc1cn2cc(Cl)ccc2n1. The van der Waals surface area contributed by atoms with E-state index in [4.69, 9.17) is 11.6 Å². The summed E-state index contributed by atoms with van der Waals surface area (Å²) in [5, 5.41) is 8.71. The average molecular weight is 338 g/mol. The maximum atomic E-state index is 11.7. The van der Waals surface area contributed by atoms with Crippen molar-refractivity contribution >= 4 is 29.2 Å². The zero-order valence-electron chi connectivity index (χ0n) is 13.1. The number of carbonyl (C=O) groups is 2. The van der Waals surface area contributed by atoms with Crippen molar-refractivity contribution in [2.24, 2.45) is 0 Å². The molecule has 0 saturated carbocycles. The molecule has 8 heteroatoms. The molecule has 2 rings (SSSR count). The van der Waals surface area contributed by atoms with E-state index in [1.54, 1.807) is 28.9 Å². The maximum Gasteiger partial charge on any atom is 0.315 e. The molecule has 23 heavy (non-hydrogen) atoms. The molecule has 0 aliphatic heterocycles. The van der Waals surface area contributed by atoms with Gasteiger partial charge in [0, 0.05) is 31.4 Å². The van der Waals surface area contributed by atoms with E-state index in [0.29, 0.717) is 11.6 Å². The van der Waals surface area contributed by atoms with Crippen LogP contribution in [-0.4, -0.2) is 33.9 Å². The van der Waals surface area contributed by atoms with Crippen LogP contribution in [0.3, 0.4) is 0 Å². The Kier molecular flexibility index (Phi) is 5.81. The van der Waals surface area contributed by atoms with Gasteiger partial charge in [0.15, 0.2) is 0 Å². The lowest BCUT2D eigenvalue weighted by Gasteiger charge is -2.09. The van der Waals surface area contributed by atoms with E-state index in [9.17, 15) is 9.59 Å². The number of nitrogens with one attached hydrogen (secondary N) is 3. The topological polar surface area (TPSA) is 87.5 Å². The number of amides is 3. The first-order valence-electron chi connectivity index (χ1n) is 7.38. The van der Waals surface area contributed by atoms with Crippen LogP contribution in [0.25, 0.3) is 5.65 Å². The van der Waals surface area contributed by atoms with Crippen LogP contribution in [0, 0.1) is 0 Å². The van der Waals surface area contributed by atoms with E-state index in [2.05, 4.69) is 20.9 Å². The molecule has 2 aromatic rings. The van der Waals surface area contributed by atoms with E-state index in [1.807, 2.05) is 13.8 Å². The van der Waals surface area contributed by atoms with Crippen LogP contribution >= 0.6 is 11.6 Å². The number of nitrogens with zero attached hydrogens (tertiary/aromatic N) is 2. The molecule has 0 fully saturated rings. The minimum absolute atomic E-state index is 0.0856. The van der Waals surface area contributed by atoms with Gasteiger partial charge in [0.1, 0.15) is 5.65 Å². The van der Waals surface area contributed by atoms with Crippen molar-refractivity contribution in [1.82, 2.24) is 25.3 Å². The Morgan fingerprint density at radius 2 is 2.04 bits per heavy atom. The summed E-state index contributed by atoms with van der Waals surface area (Å²) < 4.78 is 1.80. The zero-order chi connectivity index (χ0) is 16.8.